The minimum Gasteiger partial charge on any atom is -0.508 e. The Morgan fingerprint density at radius 3 is 1.15 bits per heavy atom. The van der Waals surface area contributed by atoms with Gasteiger partial charge in [0, 0.05) is 102 Å². The van der Waals surface area contributed by atoms with Crippen LogP contribution in [0.15, 0.2) is 127 Å². The first-order valence-electron chi connectivity index (χ1n) is 45.6. The van der Waals surface area contributed by atoms with E-state index in [4.69, 9.17) is 33.5 Å². The maximum atomic E-state index is 14.6. The van der Waals surface area contributed by atoms with Crippen LogP contribution in [-0.4, -0.2) is 253 Å². The summed E-state index contributed by atoms with van der Waals surface area (Å²) in [7, 11) is 0. The van der Waals surface area contributed by atoms with Crippen LogP contribution < -0.4 is 42.5 Å². The lowest BCUT2D eigenvalue weighted by Crippen LogP contribution is -2.47. The summed E-state index contributed by atoms with van der Waals surface area (Å²) in [5.74, 6) is -10.9. The molecular formula is C98H132N8O28. The number of ketones is 4. The van der Waals surface area contributed by atoms with Crippen molar-refractivity contribution < 1.29 is 137 Å². The SMILES string of the molecule is Cc1cc(CCC(=O)NCCCCC(NC(=O)CCc2ccc(O)c(O)c2)C(=O)NCCCCC(CC(=O)C(CCCCNC(=O)CCc2ccc(O)c(O)c2)NC(=O)CCc2ccc(O)c(O)c2)C(=O)NCCOCCOCCOCCOCCOCCOCCC(=O)CC(Cc2ccc(O)cc2)C(=O)NCC(=O)CC(Cc2ccccc2)C(=O)NCC(=O)CCC(=O)O)ccc1O. The van der Waals surface area contributed by atoms with Crippen molar-refractivity contribution >= 4 is 76.4 Å². The molecule has 0 aromatic heterocycles. The Morgan fingerprint density at radius 2 is 0.679 bits per heavy atom. The van der Waals surface area contributed by atoms with Gasteiger partial charge < -0.3 is 117 Å². The Kier molecular flexibility index (Phi) is 52.2. The molecule has 36 nitrogen and oxygen atoms in total. The van der Waals surface area contributed by atoms with Crippen molar-refractivity contribution in [3.05, 3.63) is 166 Å². The molecule has 6 aromatic carbocycles. The molecular weight excluding hydrogens is 1740 g/mol. The van der Waals surface area contributed by atoms with Gasteiger partial charge in [-0.2, -0.15) is 0 Å². The molecule has 36 heteroatoms. The zero-order chi connectivity index (χ0) is 97.2. The molecule has 6 aromatic rings. The average Bonchev–Trinajstić information content (AvgIpc) is 0.873. The van der Waals surface area contributed by atoms with E-state index < -0.39 is 108 Å². The average molecular weight is 1870 g/mol. The number of rotatable bonds is 72. The van der Waals surface area contributed by atoms with Gasteiger partial charge in [-0.05, 0) is 190 Å². The number of unbranched alkanes of at least 4 members (excludes halogenated alkanes) is 3. The fraction of sp³-hybridized carbons (Fsp3) is 0.500. The van der Waals surface area contributed by atoms with Crippen molar-refractivity contribution in [2.45, 2.75) is 180 Å². The standard InChI is InChI=1S/C98H132N8O28/c1-66-55-68(18-29-82(66)111)22-33-90(119)100-40-10-7-15-81(106-93(122)36-25-72-21-32-85(114)89(118)60-72)98(128)101-41-8-5-13-73(63-86(115)80(105-92(121)35-24-71-20-31-84(113)88(117)59-71)14-6-9-39-99-91(120)34-23-70-19-30-83(112)87(116)58-70)95(125)102-42-44-130-46-48-132-50-52-134-54-53-133-51-49-131-47-45-129-43-38-77(108)61-74(57-69-16-26-76(107)27-17-69)96(126)104-65-79(110)62-75(56-67-11-3-2-4-12-67)97(127)103-64-78(109)28-37-94(123)124/h2-4,11-12,16-21,26-27,29-32,55,58-60,73-75,80-81,107,111-114,116-118H,5-10,13-15,22-25,28,33-54,56-57,61-65H2,1H3,(H,99,120)(H,100,119)(H,101,128)(H,102,125)(H,103,127)(H,104,126)(H,105,121)(H,106,122)(H,123,124). The van der Waals surface area contributed by atoms with Crippen molar-refractivity contribution in [3.8, 4) is 46.0 Å². The van der Waals surface area contributed by atoms with E-state index in [0.29, 0.717) is 79.3 Å². The van der Waals surface area contributed by atoms with Crippen LogP contribution in [0.3, 0.4) is 0 Å². The molecule has 0 aliphatic heterocycles. The van der Waals surface area contributed by atoms with E-state index >= 15 is 0 Å². The van der Waals surface area contributed by atoms with E-state index in [9.17, 15) is 103 Å². The van der Waals surface area contributed by atoms with Gasteiger partial charge in [0.25, 0.3) is 0 Å². The van der Waals surface area contributed by atoms with Crippen LogP contribution in [0.4, 0.5) is 0 Å². The van der Waals surface area contributed by atoms with Gasteiger partial charge in [-0.25, -0.2) is 0 Å². The number of hydrogen-bond donors (Lipinski definition) is 17. The van der Waals surface area contributed by atoms with Crippen LogP contribution >= 0.6 is 0 Å². The molecule has 0 saturated heterocycles. The minimum atomic E-state index is -1.16. The normalized spacial score (nSPS) is 12.2. The van der Waals surface area contributed by atoms with Gasteiger partial charge in [-0.15, -0.1) is 0 Å². The molecule has 0 heterocycles. The van der Waals surface area contributed by atoms with Crippen LogP contribution in [0, 0.1) is 24.7 Å². The lowest BCUT2D eigenvalue weighted by molar-refractivity contribution is -0.138. The van der Waals surface area contributed by atoms with Gasteiger partial charge in [0.05, 0.1) is 105 Å². The molecule has 0 saturated carbocycles. The predicted molar refractivity (Wildman–Crippen MR) is 492 cm³/mol. The van der Waals surface area contributed by atoms with E-state index in [0.717, 1.165) is 11.1 Å². The summed E-state index contributed by atoms with van der Waals surface area (Å²) in [5.41, 5.74) is 4.75. The highest BCUT2D eigenvalue weighted by atomic mass is 16.6. The second kappa shape index (κ2) is 63.5. The fourth-order valence-corrected chi connectivity index (χ4v) is 14.2. The molecule has 0 fully saturated rings. The highest BCUT2D eigenvalue weighted by Crippen LogP contribution is 2.29. The summed E-state index contributed by atoms with van der Waals surface area (Å²) in [6.07, 6.45) is 2.85. The third-order valence-electron chi connectivity index (χ3n) is 21.8. The van der Waals surface area contributed by atoms with Crippen LogP contribution in [0.5, 0.6) is 46.0 Å². The van der Waals surface area contributed by atoms with Crippen molar-refractivity contribution in [3.63, 3.8) is 0 Å². The minimum absolute atomic E-state index is 0.00780. The molecule has 8 amide bonds. The molecule has 5 atom stereocenters. The first kappa shape index (κ1) is 110. The Morgan fingerprint density at radius 1 is 0.299 bits per heavy atom. The molecule has 732 valence electrons. The monoisotopic (exact) mass is 1870 g/mol. The number of hydrogen-bond acceptors (Lipinski definition) is 27. The number of aryl methyl sites for hydroxylation is 5. The Bertz CT molecular complexity index is 4690. The fourth-order valence-electron chi connectivity index (χ4n) is 14.2. The van der Waals surface area contributed by atoms with E-state index in [2.05, 4.69) is 42.5 Å². The molecule has 0 spiro atoms. The van der Waals surface area contributed by atoms with E-state index in [1.54, 1.807) is 79.7 Å². The lowest BCUT2D eigenvalue weighted by atomic mass is 9.91. The third kappa shape index (κ3) is 47.2. The highest BCUT2D eigenvalue weighted by molar-refractivity contribution is 5.95. The van der Waals surface area contributed by atoms with Crippen LogP contribution in [-0.2, 0) is 129 Å². The summed E-state index contributed by atoms with van der Waals surface area (Å²) >= 11 is 0. The number of carboxylic acids is 1. The number of ether oxygens (including phenoxy) is 6. The molecule has 17 N–H and O–H groups in total. The molecule has 0 radical (unpaired) electrons. The van der Waals surface area contributed by atoms with Gasteiger partial charge in [0.2, 0.25) is 47.3 Å². The Hall–Kier alpha value is -12.6. The van der Waals surface area contributed by atoms with E-state index in [1.807, 2.05) is 6.07 Å². The largest absolute Gasteiger partial charge is 0.508 e. The van der Waals surface area contributed by atoms with Crippen LogP contribution in [0.2, 0.25) is 0 Å². The third-order valence-corrected chi connectivity index (χ3v) is 21.8. The summed E-state index contributed by atoms with van der Waals surface area (Å²) in [6, 6.07) is 30.8. The second-order valence-electron chi connectivity index (χ2n) is 32.7. The summed E-state index contributed by atoms with van der Waals surface area (Å²) in [4.78, 5) is 172. The van der Waals surface area contributed by atoms with Crippen molar-refractivity contribution in [2.24, 2.45) is 17.8 Å². The Labute approximate surface area is 780 Å². The second-order valence-corrected chi connectivity index (χ2v) is 32.7. The first-order valence-corrected chi connectivity index (χ1v) is 45.6. The number of phenolic OH excluding ortho intramolecular Hbond substituents is 8. The van der Waals surface area contributed by atoms with Gasteiger partial charge in [0.1, 0.15) is 23.3 Å². The van der Waals surface area contributed by atoms with Crippen molar-refractivity contribution in [1.29, 1.82) is 0 Å². The molecule has 5 unspecified atom stereocenters. The number of carbonyl (C=O) groups excluding carboxylic acids is 12. The quantitative estimate of drug-likeness (QED) is 0.0138. The number of aromatic hydroxyl groups is 8. The van der Waals surface area contributed by atoms with E-state index in [-0.39, 0.29) is 272 Å². The summed E-state index contributed by atoms with van der Waals surface area (Å²) < 4.78 is 33.9. The number of Topliss-reactive ketones (excluding diaryl/α,β-unsaturated/α-hetero) is 4. The Balaban J connectivity index is 0.919. The number of benzene rings is 6. The summed E-state index contributed by atoms with van der Waals surface area (Å²) in [6.45, 7) is 3.97. The molecule has 6 rings (SSSR count). The topological polar surface area (TPSA) is 556 Å². The smallest absolute Gasteiger partial charge is 0.303 e. The maximum absolute atomic E-state index is 14.6. The number of aliphatic carboxylic acids is 1. The number of carboxylic acid groups (broad SMARTS) is 1. The van der Waals surface area contributed by atoms with Gasteiger partial charge >= 0.3 is 5.97 Å². The number of phenols is 8. The van der Waals surface area contributed by atoms with Gasteiger partial charge in [-0.1, -0.05) is 79.2 Å². The lowest BCUT2D eigenvalue weighted by Gasteiger charge is -2.22. The van der Waals surface area contributed by atoms with Crippen LogP contribution in [0.25, 0.3) is 0 Å². The van der Waals surface area contributed by atoms with Crippen LogP contribution in [0.1, 0.15) is 161 Å². The predicted octanol–water partition coefficient (Wildman–Crippen LogP) is 6.78. The molecule has 0 aliphatic carbocycles. The summed E-state index contributed by atoms with van der Waals surface area (Å²) in [5, 5.41) is 110. The molecule has 134 heavy (non-hydrogen) atoms. The first-order chi connectivity index (χ1) is 64.5. The molecule has 0 aliphatic rings. The zero-order valence-corrected chi connectivity index (χ0v) is 76.2. The molecule has 0 bridgehead atoms. The van der Waals surface area contributed by atoms with Gasteiger partial charge in [0.15, 0.2) is 51.8 Å². The zero-order valence-electron chi connectivity index (χ0n) is 76.2. The van der Waals surface area contributed by atoms with Crippen molar-refractivity contribution in [1.82, 2.24) is 42.5 Å². The number of amides is 8. The number of nitrogens with one attached hydrogen (secondary N) is 8. The maximum Gasteiger partial charge on any atom is 0.303 e. The van der Waals surface area contributed by atoms with Crippen molar-refractivity contribution in [2.75, 3.05) is 119 Å². The van der Waals surface area contributed by atoms with Gasteiger partial charge in [-0.3, -0.25) is 62.3 Å². The highest BCUT2D eigenvalue weighted by Gasteiger charge is 2.31. The van der Waals surface area contributed by atoms with E-state index in [1.165, 1.54) is 48.5 Å². The number of carbonyl (C=O) groups is 13.